The van der Waals surface area contributed by atoms with Crippen LogP contribution in [0, 0.1) is 5.92 Å². The van der Waals surface area contributed by atoms with Crippen LogP contribution in [-0.2, 0) is 11.2 Å². The van der Waals surface area contributed by atoms with E-state index in [9.17, 15) is 0 Å². The summed E-state index contributed by atoms with van der Waals surface area (Å²) in [6, 6.07) is 11.9. The molecule has 7 nitrogen and oxygen atoms in total. The smallest absolute Gasteiger partial charge is 0.259 e. The second-order valence-corrected chi connectivity index (χ2v) is 7.36. The van der Waals surface area contributed by atoms with Gasteiger partial charge in [0.15, 0.2) is 5.82 Å². The van der Waals surface area contributed by atoms with Crippen LogP contribution in [0.3, 0.4) is 0 Å². The van der Waals surface area contributed by atoms with Gasteiger partial charge in [0.05, 0.1) is 19.3 Å². The molecule has 0 saturated carbocycles. The van der Waals surface area contributed by atoms with Gasteiger partial charge in [0.2, 0.25) is 0 Å². The Morgan fingerprint density at radius 2 is 2.00 bits per heavy atom. The van der Waals surface area contributed by atoms with Gasteiger partial charge in [-0.1, -0.05) is 17.3 Å². The fourth-order valence-corrected chi connectivity index (χ4v) is 3.71. The van der Waals surface area contributed by atoms with Crippen molar-refractivity contribution in [1.29, 1.82) is 0 Å². The minimum atomic E-state index is 0.489. The summed E-state index contributed by atoms with van der Waals surface area (Å²) in [7, 11) is 3.42. The number of rotatable bonds is 7. The van der Waals surface area contributed by atoms with E-state index in [2.05, 4.69) is 20.0 Å². The quantitative estimate of drug-likeness (QED) is 0.606. The molecular formula is C22H26N4O3. The molecule has 1 saturated heterocycles. The first-order valence-electron chi connectivity index (χ1n) is 9.91. The zero-order chi connectivity index (χ0) is 20.1. The highest BCUT2D eigenvalue weighted by Crippen LogP contribution is 2.24. The van der Waals surface area contributed by atoms with E-state index in [0.29, 0.717) is 24.1 Å². The Morgan fingerprint density at radius 1 is 1.14 bits per heavy atom. The van der Waals surface area contributed by atoms with Gasteiger partial charge in [0.1, 0.15) is 11.6 Å². The van der Waals surface area contributed by atoms with Crippen molar-refractivity contribution < 1.29 is 14.0 Å². The first kappa shape index (κ1) is 19.4. The van der Waals surface area contributed by atoms with Crippen molar-refractivity contribution in [2.75, 3.05) is 38.8 Å². The molecule has 0 radical (unpaired) electrons. The van der Waals surface area contributed by atoms with Crippen LogP contribution in [0.15, 0.2) is 47.1 Å². The van der Waals surface area contributed by atoms with E-state index in [4.69, 9.17) is 14.0 Å². The van der Waals surface area contributed by atoms with Crippen molar-refractivity contribution in [2.45, 2.75) is 19.3 Å². The molecule has 0 unspecified atom stereocenters. The molecule has 1 aromatic carbocycles. The van der Waals surface area contributed by atoms with Crippen LogP contribution < -0.4 is 9.64 Å². The van der Waals surface area contributed by atoms with Crippen molar-refractivity contribution in [1.82, 2.24) is 15.1 Å². The van der Waals surface area contributed by atoms with Crippen molar-refractivity contribution >= 4 is 5.82 Å². The highest BCUT2D eigenvalue weighted by molar-refractivity contribution is 5.55. The van der Waals surface area contributed by atoms with Crippen molar-refractivity contribution in [3.05, 3.63) is 54.0 Å². The molecular weight excluding hydrogens is 368 g/mol. The maximum absolute atomic E-state index is 5.45. The lowest BCUT2D eigenvalue weighted by molar-refractivity contribution is 0.143. The lowest BCUT2D eigenvalue weighted by atomic mass is 9.99. The first-order chi connectivity index (χ1) is 14.2. The number of ether oxygens (including phenoxy) is 2. The molecule has 3 aromatic rings. The molecule has 0 aliphatic carbocycles. The molecule has 29 heavy (non-hydrogen) atoms. The zero-order valence-corrected chi connectivity index (χ0v) is 16.9. The summed E-state index contributed by atoms with van der Waals surface area (Å²) in [5, 5.41) is 4.10. The molecule has 3 heterocycles. The molecule has 4 rings (SSSR count). The minimum absolute atomic E-state index is 0.489. The normalized spacial score (nSPS) is 16.8. The zero-order valence-electron chi connectivity index (χ0n) is 16.9. The summed E-state index contributed by atoms with van der Waals surface area (Å²) < 4.78 is 16.0. The molecule has 0 spiro atoms. The summed E-state index contributed by atoms with van der Waals surface area (Å²) in [5.74, 6) is 3.51. The molecule has 1 aliphatic heterocycles. The molecule has 2 aromatic heterocycles. The van der Waals surface area contributed by atoms with Gasteiger partial charge in [0.25, 0.3) is 5.89 Å². The summed E-state index contributed by atoms with van der Waals surface area (Å²) in [5.41, 5.74) is 1.93. The van der Waals surface area contributed by atoms with Crippen LogP contribution in [-0.4, -0.2) is 49.0 Å². The number of aromatic nitrogens is 3. The van der Waals surface area contributed by atoms with E-state index in [1.54, 1.807) is 20.4 Å². The van der Waals surface area contributed by atoms with Gasteiger partial charge in [0, 0.05) is 32.8 Å². The van der Waals surface area contributed by atoms with Gasteiger partial charge in [-0.3, -0.25) is 0 Å². The maximum Gasteiger partial charge on any atom is 0.259 e. The van der Waals surface area contributed by atoms with Gasteiger partial charge in [-0.15, -0.1) is 0 Å². The predicted molar refractivity (Wildman–Crippen MR) is 110 cm³/mol. The number of hydrogen-bond donors (Lipinski definition) is 0. The third kappa shape index (κ3) is 4.74. The Morgan fingerprint density at radius 3 is 2.72 bits per heavy atom. The van der Waals surface area contributed by atoms with E-state index >= 15 is 0 Å². The Balaban J connectivity index is 1.41. The van der Waals surface area contributed by atoms with Gasteiger partial charge in [-0.05, 0) is 48.6 Å². The molecule has 0 N–H and O–H groups in total. The lowest BCUT2D eigenvalue weighted by Gasteiger charge is -2.33. The van der Waals surface area contributed by atoms with Crippen LogP contribution in [0.1, 0.15) is 24.2 Å². The fraction of sp³-hybridized carbons (Fsp3) is 0.409. The second kappa shape index (κ2) is 9.05. The Hall–Kier alpha value is -2.93. The van der Waals surface area contributed by atoms with Gasteiger partial charge >= 0.3 is 0 Å². The van der Waals surface area contributed by atoms with Gasteiger partial charge in [-0.2, -0.15) is 4.98 Å². The van der Waals surface area contributed by atoms with E-state index in [-0.39, 0.29) is 0 Å². The molecule has 1 fully saturated rings. The molecule has 1 aliphatic rings. The molecule has 152 valence electrons. The Labute approximate surface area is 170 Å². The standard InChI is InChI=1S/C22H26N4O3/c1-27-15-17-4-3-11-26(14-17)21-10-7-18(13-23-21)22-24-20(25-29-22)12-16-5-8-19(28-2)9-6-16/h5-10,13,17H,3-4,11-12,14-15H2,1-2H3/t17-/m0/s1. The monoisotopic (exact) mass is 394 g/mol. The highest BCUT2D eigenvalue weighted by atomic mass is 16.5. The van der Waals surface area contributed by atoms with Crippen molar-refractivity contribution in [3.8, 4) is 17.2 Å². The predicted octanol–water partition coefficient (Wildman–Crippen LogP) is 3.59. The lowest BCUT2D eigenvalue weighted by Crippen LogP contribution is -2.37. The SMILES string of the molecule is COC[C@H]1CCCN(c2ccc(-c3nc(Cc4ccc(OC)cc4)no3)cn2)C1. The fourth-order valence-electron chi connectivity index (χ4n) is 3.71. The number of benzene rings is 1. The highest BCUT2D eigenvalue weighted by Gasteiger charge is 2.21. The van der Waals surface area contributed by atoms with Crippen LogP contribution in [0.25, 0.3) is 11.5 Å². The van der Waals surface area contributed by atoms with E-state index in [1.807, 2.05) is 36.4 Å². The third-order valence-electron chi connectivity index (χ3n) is 5.23. The summed E-state index contributed by atoms with van der Waals surface area (Å²) >= 11 is 0. The Kier molecular flexibility index (Phi) is 6.05. The first-order valence-corrected chi connectivity index (χ1v) is 9.91. The summed E-state index contributed by atoms with van der Waals surface area (Å²) in [4.78, 5) is 11.5. The van der Waals surface area contributed by atoms with Gasteiger partial charge in [-0.25, -0.2) is 4.98 Å². The number of nitrogens with zero attached hydrogens (tertiary/aromatic N) is 4. The van der Waals surface area contributed by atoms with Crippen LogP contribution in [0.5, 0.6) is 5.75 Å². The van der Waals surface area contributed by atoms with Crippen LogP contribution in [0.2, 0.25) is 0 Å². The van der Waals surface area contributed by atoms with Crippen LogP contribution >= 0.6 is 0 Å². The Bertz CT molecular complexity index is 907. The topological polar surface area (TPSA) is 73.5 Å². The summed E-state index contributed by atoms with van der Waals surface area (Å²) in [6.45, 7) is 2.80. The maximum atomic E-state index is 5.45. The number of methoxy groups -OCH3 is 2. The number of hydrogen-bond acceptors (Lipinski definition) is 7. The number of anilines is 1. The summed E-state index contributed by atoms with van der Waals surface area (Å²) in [6.07, 6.45) is 4.78. The third-order valence-corrected chi connectivity index (χ3v) is 5.23. The number of piperidine rings is 1. The van der Waals surface area contributed by atoms with Crippen LogP contribution in [0.4, 0.5) is 5.82 Å². The molecule has 0 bridgehead atoms. The molecule has 0 amide bonds. The van der Waals surface area contributed by atoms with Crippen molar-refractivity contribution in [2.24, 2.45) is 5.92 Å². The van der Waals surface area contributed by atoms with E-state index < -0.39 is 0 Å². The minimum Gasteiger partial charge on any atom is -0.497 e. The molecule has 1 atom stereocenters. The number of pyridine rings is 1. The van der Waals surface area contributed by atoms with E-state index in [1.165, 1.54) is 6.42 Å². The largest absolute Gasteiger partial charge is 0.497 e. The second-order valence-electron chi connectivity index (χ2n) is 7.36. The van der Waals surface area contributed by atoms with E-state index in [0.717, 1.165) is 48.8 Å². The average Bonchev–Trinajstić information content (AvgIpc) is 3.23. The van der Waals surface area contributed by atoms with Gasteiger partial charge < -0.3 is 18.9 Å². The van der Waals surface area contributed by atoms with Crippen molar-refractivity contribution in [3.63, 3.8) is 0 Å². The average molecular weight is 394 g/mol. The molecule has 7 heteroatoms.